The number of aryl methyl sites for hydroxylation is 2. The fourth-order valence-electron chi connectivity index (χ4n) is 2.61. The van der Waals surface area contributed by atoms with E-state index in [1.165, 1.54) is 31.3 Å². The lowest BCUT2D eigenvalue weighted by Gasteiger charge is -2.18. The standard InChI is InChI=1S/C22H22ClFN2O4/c1-14-6-4-7-15(2)22(14)25-19(27)12-26(3)20(28)13-30-21(29)11-10-16-17(23)8-5-9-18(16)24/h4-11H,12-13H2,1-3H3,(H,25,27)/b11-10+. The van der Waals surface area contributed by atoms with Gasteiger partial charge >= 0.3 is 5.97 Å². The highest BCUT2D eigenvalue weighted by Crippen LogP contribution is 2.20. The van der Waals surface area contributed by atoms with E-state index in [1.807, 2.05) is 32.0 Å². The number of para-hydroxylation sites is 1. The van der Waals surface area contributed by atoms with Crippen LogP contribution in [0.2, 0.25) is 5.02 Å². The van der Waals surface area contributed by atoms with Crippen molar-refractivity contribution in [3.63, 3.8) is 0 Å². The van der Waals surface area contributed by atoms with E-state index in [2.05, 4.69) is 5.32 Å². The number of ether oxygens (including phenoxy) is 1. The molecular formula is C22H22ClFN2O4. The van der Waals surface area contributed by atoms with E-state index in [9.17, 15) is 18.8 Å². The first-order chi connectivity index (χ1) is 14.2. The summed E-state index contributed by atoms with van der Waals surface area (Å²) < 4.78 is 18.5. The van der Waals surface area contributed by atoms with Crippen molar-refractivity contribution in [1.29, 1.82) is 0 Å². The number of benzene rings is 2. The summed E-state index contributed by atoms with van der Waals surface area (Å²) in [5.41, 5.74) is 2.57. The zero-order valence-corrected chi connectivity index (χ0v) is 17.6. The van der Waals surface area contributed by atoms with Gasteiger partial charge in [0.05, 0.1) is 11.6 Å². The van der Waals surface area contributed by atoms with E-state index in [4.69, 9.17) is 16.3 Å². The molecule has 2 rings (SSSR count). The van der Waals surface area contributed by atoms with Crippen molar-refractivity contribution in [2.75, 3.05) is 25.5 Å². The molecule has 0 heterocycles. The van der Waals surface area contributed by atoms with Crippen LogP contribution in [-0.2, 0) is 19.1 Å². The van der Waals surface area contributed by atoms with Gasteiger partial charge in [0.1, 0.15) is 5.82 Å². The van der Waals surface area contributed by atoms with E-state index in [-0.39, 0.29) is 23.0 Å². The molecule has 30 heavy (non-hydrogen) atoms. The molecule has 2 amide bonds. The fourth-order valence-corrected chi connectivity index (χ4v) is 2.83. The van der Waals surface area contributed by atoms with Crippen molar-refractivity contribution in [2.24, 2.45) is 0 Å². The molecule has 0 aliphatic rings. The van der Waals surface area contributed by atoms with Gasteiger partial charge in [0.25, 0.3) is 5.91 Å². The van der Waals surface area contributed by atoms with Crippen molar-refractivity contribution in [1.82, 2.24) is 4.90 Å². The SMILES string of the molecule is Cc1cccc(C)c1NC(=O)CN(C)C(=O)COC(=O)/C=C/c1c(F)cccc1Cl. The summed E-state index contributed by atoms with van der Waals surface area (Å²) in [5, 5.41) is 2.92. The first-order valence-electron chi connectivity index (χ1n) is 9.08. The second kappa shape index (κ2) is 10.5. The van der Waals surface area contributed by atoms with Crippen LogP contribution < -0.4 is 5.32 Å². The zero-order valence-electron chi connectivity index (χ0n) is 16.9. The topological polar surface area (TPSA) is 75.7 Å². The summed E-state index contributed by atoms with van der Waals surface area (Å²) in [5.74, 6) is -2.35. The summed E-state index contributed by atoms with van der Waals surface area (Å²) in [6.07, 6.45) is 2.15. The van der Waals surface area contributed by atoms with Crippen LogP contribution >= 0.6 is 11.6 Å². The average molecular weight is 433 g/mol. The lowest BCUT2D eigenvalue weighted by Crippen LogP contribution is -2.37. The van der Waals surface area contributed by atoms with Gasteiger partial charge in [-0.1, -0.05) is 35.9 Å². The maximum atomic E-state index is 13.7. The molecule has 0 unspecified atom stereocenters. The molecule has 0 aliphatic carbocycles. The first-order valence-corrected chi connectivity index (χ1v) is 9.45. The summed E-state index contributed by atoms with van der Waals surface area (Å²) in [6, 6.07) is 9.77. The molecule has 0 fully saturated rings. The van der Waals surface area contributed by atoms with Crippen LogP contribution in [0.25, 0.3) is 6.08 Å². The number of nitrogens with one attached hydrogen (secondary N) is 1. The van der Waals surface area contributed by atoms with Crippen LogP contribution in [0.4, 0.5) is 10.1 Å². The molecule has 0 aromatic heterocycles. The molecule has 0 radical (unpaired) electrons. The van der Waals surface area contributed by atoms with Gasteiger partial charge in [0, 0.05) is 24.4 Å². The molecule has 2 aromatic rings. The number of carbonyl (C=O) groups excluding carboxylic acids is 3. The van der Waals surface area contributed by atoms with Crippen LogP contribution in [0, 0.1) is 19.7 Å². The monoisotopic (exact) mass is 432 g/mol. The molecular weight excluding hydrogens is 411 g/mol. The molecule has 6 nitrogen and oxygen atoms in total. The molecule has 0 atom stereocenters. The number of nitrogens with zero attached hydrogens (tertiary/aromatic N) is 1. The van der Waals surface area contributed by atoms with E-state index >= 15 is 0 Å². The minimum Gasteiger partial charge on any atom is -0.452 e. The second-order valence-corrected chi connectivity index (χ2v) is 7.05. The molecule has 158 valence electrons. The Hall–Kier alpha value is -3.19. The molecule has 0 saturated heterocycles. The number of carbonyl (C=O) groups is 3. The Balaban J connectivity index is 1.84. The predicted molar refractivity (Wildman–Crippen MR) is 114 cm³/mol. The lowest BCUT2D eigenvalue weighted by molar-refractivity contribution is -0.148. The summed E-state index contributed by atoms with van der Waals surface area (Å²) >= 11 is 5.87. The number of anilines is 1. The van der Waals surface area contributed by atoms with Gasteiger partial charge in [-0.3, -0.25) is 9.59 Å². The Morgan fingerprint density at radius 3 is 2.40 bits per heavy atom. The van der Waals surface area contributed by atoms with Gasteiger partial charge in [0.15, 0.2) is 6.61 Å². The average Bonchev–Trinajstić information content (AvgIpc) is 2.68. The Morgan fingerprint density at radius 2 is 1.77 bits per heavy atom. The van der Waals surface area contributed by atoms with Gasteiger partial charge in [-0.25, -0.2) is 9.18 Å². The zero-order chi connectivity index (χ0) is 22.3. The third-order valence-corrected chi connectivity index (χ3v) is 4.61. The number of amides is 2. The Morgan fingerprint density at radius 1 is 1.13 bits per heavy atom. The number of hydrogen-bond donors (Lipinski definition) is 1. The minimum absolute atomic E-state index is 0.0442. The predicted octanol–water partition coefficient (Wildman–Crippen LogP) is 3.75. The van der Waals surface area contributed by atoms with Crippen molar-refractivity contribution < 1.29 is 23.5 Å². The van der Waals surface area contributed by atoms with Gasteiger partial charge in [-0.05, 0) is 43.2 Å². The van der Waals surface area contributed by atoms with Gasteiger partial charge in [-0.15, -0.1) is 0 Å². The van der Waals surface area contributed by atoms with Crippen LogP contribution in [-0.4, -0.2) is 42.9 Å². The molecule has 2 aromatic carbocycles. The van der Waals surface area contributed by atoms with Gasteiger partial charge in [0.2, 0.25) is 5.91 Å². The van der Waals surface area contributed by atoms with Crippen molar-refractivity contribution in [3.8, 4) is 0 Å². The number of rotatable bonds is 7. The number of likely N-dealkylation sites (N-methyl/N-ethyl adjacent to an activating group) is 1. The lowest BCUT2D eigenvalue weighted by atomic mass is 10.1. The van der Waals surface area contributed by atoms with Crippen LogP contribution in [0.5, 0.6) is 0 Å². The highest BCUT2D eigenvalue weighted by molar-refractivity contribution is 6.32. The molecule has 8 heteroatoms. The Labute approximate surface area is 179 Å². The van der Waals surface area contributed by atoms with E-state index in [0.29, 0.717) is 5.69 Å². The summed E-state index contributed by atoms with van der Waals surface area (Å²) in [7, 11) is 1.43. The van der Waals surface area contributed by atoms with E-state index < -0.39 is 24.3 Å². The maximum Gasteiger partial charge on any atom is 0.331 e. The van der Waals surface area contributed by atoms with Crippen LogP contribution in [0.3, 0.4) is 0 Å². The van der Waals surface area contributed by atoms with Crippen LogP contribution in [0.15, 0.2) is 42.5 Å². The third-order valence-electron chi connectivity index (χ3n) is 4.28. The molecule has 0 saturated carbocycles. The number of halogens is 2. The smallest absolute Gasteiger partial charge is 0.331 e. The van der Waals surface area contributed by atoms with E-state index in [0.717, 1.165) is 22.1 Å². The van der Waals surface area contributed by atoms with Crippen molar-refractivity contribution in [3.05, 3.63) is 70.0 Å². The second-order valence-electron chi connectivity index (χ2n) is 6.64. The number of hydrogen-bond acceptors (Lipinski definition) is 4. The quantitative estimate of drug-likeness (QED) is 0.534. The van der Waals surface area contributed by atoms with Gasteiger partial charge < -0.3 is 15.0 Å². The molecule has 0 bridgehead atoms. The highest BCUT2D eigenvalue weighted by atomic mass is 35.5. The number of esters is 1. The Kier molecular flexibility index (Phi) is 8.12. The Bertz CT molecular complexity index is 951. The fraction of sp³-hybridized carbons (Fsp3) is 0.227. The van der Waals surface area contributed by atoms with Crippen molar-refractivity contribution in [2.45, 2.75) is 13.8 Å². The summed E-state index contributed by atoms with van der Waals surface area (Å²) in [6.45, 7) is 2.99. The van der Waals surface area contributed by atoms with E-state index in [1.54, 1.807) is 0 Å². The largest absolute Gasteiger partial charge is 0.452 e. The minimum atomic E-state index is -0.837. The molecule has 0 spiro atoms. The summed E-state index contributed by atoms with van der Waals surface area (Å²) in [4.78, 5) is 37.3. The highest BCUT2D eigenvalue weighted by Gasteiger charge is 2.16. The molecule has 0 aliphatic heterocycles. The van der Waals surface area contributed by atoms with Crippen molar-refractivity contribution >= 4 is 41.1 Å². The first kappa shape index (κ1) is 23.1. The van der Waals surface area contributed by atoms with Crippen LogP contribution in [0.1, 0.15) is 16.7 Å². The normalized spacial score (nSPS) is 10.7. The molecule has 1 N–H and O–H groups in total. The maximum absolute atomic E-state index is 13.7. The van der Waals surface area contributed by atoms with Gasteiger partial charge in [-0.2, -0.15) is 0 Å². The third kappa shape index (κ3) is 6.42.